The molecule has 1 aliphatic rings. The van der Waals surface area contributed by atoms with E-state index in [2.05, 4.69) is 16.4 Å². The van der Waals surface area contributed by atoms with Gasteiger partial charge in [0.15, 0.2) is 11.6 Å². The Morgan fingerprint density at radius 2 is 1.47 bits per heavy atom. The minimum absolute atomic E-state index is 0.00868. The maximum atomic E-state index is 15.2. The molecule has 0 saturated heterocycles. The Bertz CT molecular complexity index is 1480. The molecule has 0 atom stereocenters. The smallest absolute Gasteiger partial charge is 0.326 e. The van der Waals surface area contributed by atoms with Crippen molar-refractivity contribution in [2.75, 3.05) is 6.54 Å². The molecule has 5 rings (SSSR count). The number of halogens is 5. The summed E-state index contributed by atoms with van der Waals surface area (Å²) in [5.74, 6) is -2.06. The lowest BCUT2D eigenvalue weighted by molar-refractivity contribution is -0.140. The van der Waals surface area contributed by atoms with Crippen molar-refractivity contribution in [1.29, 1.82) is 0 Å². The molecule has 0 N–H and O–H groups in total. The van der Waals surface area contributed by atoms with Gasteiger partial charge in [0.2, 0.25) is 0 Å². The third-order valence-corrected chi connectivity index (χ3v) is 8.36. The standard InChI is InChI=1S/C35H38F5N3/c1-2-3-21-43-30(33(26-15-9-5-10-16-26)41-34(43)27-17-11-6-12-18-27)24-42(22-25-13-7-4-8-14-25)23-28-19-20-29(35(38,39)40)32(37)31(28)36/h5-6,9-12,15-20,25H,2-4,7-8,13-14,21-24H2,1H3. The summed E-state index contributed by atoms with van der Waals surface area (Å²) in [5, 5.41) is 0. The van der Waals surface area contributed by atoms with Crippen LogP contribution in [0.25, 0.3) is 22.6 Å². The fraction of sp³-hybridized carbons (Fsp3) is 0.400. The van der Waals surface area contributed by atoms with E-state index in [1.54, 1.807) is 0 Å². The summed E-state index contributed by atoms with van der Waals surface area (Å²) >= 11 is 0. The third kappa shape index (κ3) is 7.35. The summed E-state index contributed by atoms with van der Waals surface area (Å²) in [6.07, 6.45) is 2.43. The van der Waals surface area contributed by atoms with Crippen molar-refractivity contribution in [3.8, 4) is 22.6 Å². The van der Waals surface area contributed by atoms with E-state index in [1.807, 2.05) is 60.7 Å². The van der Waals surface area contributed by atoms with Crippen molar-refractivity contribution in [2.24, 2.45) is 5.92 Å². The predicted octanol–water partition coefficient (Wildman–Crippen LogP) is 9.90. The topological polar surface area (TPSA) is 21.1 Å². The molecule has 8 heteroatoms. The zero-order valence-corrected chi connectivity index (χ0v) is 24.5. The maximum absolute atomic E-state index is 15.2. The normalized spacial score (nSPS) is 14.5. The van der Waals surface area contributed by atoms with Gasteiger partial charge >= 0.3 is 6.18 Å². The molecule has 1 aromatic heterocycles. The molecule has 43 heavy (non-hydrogen) atoms. The number of benzene rings is 3. The summed E-state index contributed by atoms with van der Waals surface area (Å²) in [6, 6.07) is 21.6. The molecule has 1 heterocycles. The summed E-state index contributed by atoms with van der Waals surface area (Å²) < 4.78 is 71.9. The number of aromatic nitrogens is 2. The zero-order valence-electron chi connectivity index (χ0n) is 24.5. The lowest BCUT2D eigenvalue weighted by atomic mass is 9.88. The quantitative estimate of drug-likeness (QED) is 0.161. The van der Waals surface area contributed by atoms with Gasteiger partial charge in [-0.3, -0.25) is 4.90 Å². The van der Waals surface area contributed by atoms with Gasteiger partial charge in [-0.1, -0.05) is 99.3 Å². The molecular weight excluding hydrogens is 557 g/mol. The molecule has 0 unspecified atom stereocenters. The first-order chi connectivity index (χ1) is 20.8. The summed E-state index contributed by atoms with van der Waals surface area (Å²) in [4.78, 5) is 7.23. The first-order valence-corrected chi connectivity index (χ1v) is 15.2. The zero-order chi connectivity index (χ0) is 30.4. The molecule has 4 aromatic rings. The highest BCUT2D eigenvalue weighted by Gasteiger charge is 2.36. The first-order valence-electron chi connectivity index (χ1n) is 15.2. The monoisotopic (exact) mass is 595 g/mol. The van der Waals surface area contributed by atoms with Crippen LogP contribution in [0.15, 0.2) is 72.8 Å². The maximum Gasteiger partial charge on any atom is 0.419 e. The van der Waals surface area contributed by atoms with Crippen LogP contribution in [-0.4, -0.2) is 21.0 Å². The Kier molecular flexibility index (Phi) is 9.96. The van der Waals surface area contributed by atoms with Crippen LogP contribution in [0.4, 0.5) is 22.0 Å². The molecule has 0 spiro atoms. The van der Waals surface area contributed by atoms with E-state index < -0.39 is 23.4 Å². The Hall–Kier alpha value is -3.52. The van der Waals surface area contributed by atoms with E-state index in [1.165, 1.54) is 6.42 Å². The Labute approximate surface area is 250 Å². The van der Waals surface area contributed by atoms with Crippen LogP contribution >= 0.6 is 0 Å². The Morgan fingerprint density at radius 3 is 2.09 bits per heavy atom. The highest BCUT2D eigenvalue weighted by atomic mass is 19.4. The van der Waals surface area contributed by atoms with E-state index >= 15 is 4.39 Å². The minimum atomic E-state index is -4.96. The number of imidazole rings is 1. The second-order valence-corrected chi connectivity index (χ2v) is 11.5. The number of rotatable bonds is 11. The number of unbranched alkanes of at least 4 members (excludes halogenated alkanes) is 1. The predicted molar refractivity (Wildman–Crippen MR) is 160 cm³/mol. The van der Waals surface area contributed by atoms with Crippen molar-refractivity contribution in [3.63, 3.8) is 0 Å². The number of nitrogens with zero attached hydrogens (tertiary/aromatic N) is 3. The Balaban J connectivity index is 1.59. The van der Waals surface area contributed by atoms with Gasteiger partial charge < -0.3 is 4.57 Å². The van der Waals surface area contributed by atoms with Crippen molar-refractivity contribution in [3.05, 3.63) is 101 Å². The van der Waals surface area contributed by atoms with Gasteiger partial charge in [0.1, 0.15) is 5.82 Å². The van der Waals surface area contributed by atoms with E-state index in [9.17, 15) is 17.6 Å². The molecule has 0 radical (unpaired) electrons. The van der Waals surface area contributed by atoms with Crippen molar-refractivity contribution < 1.29 is 22.0 Å². The molecule has 0 amide bonds. The van der Waals surface area contributed by atoms with Gasteiger partial charge in [0.05, 0.1) is 17.0 Å². The van der Waals surface area contributed by atoms with E-state index in [-0.39, 0.29) is 12.1 Å². The van der Waals surface area contributed by atoms with Gasteiger partial charge in [-0.15, -0.1) is 0 Å². The lowest BCUT2D eigenvalue weighted by Crippen LogP contribution is -2.31. The van der Waals surface area contributed by atoms with Crippen LogP contribution in [-0.2, 0) is 25.8 Å². The summed E-state index contributed by atoms with van der Waals surface area (Å²) in [6.45, 7) is 3.89. The Morgan fingerprint density at radius 1 is 0.814 bits per heavy atom. The number of hydrogen-bond donors (Lipinski definition) is 0. The van der Waals surface area contributed by atoms with Crippen LogP contribution in [0, 0.1) is 17.6 Å². The SMILES string of the molecule is CCCCn1c(-c2ccccc2)nc(-c2ccccc2)c1CN(Cc1ccc(C(F)(F)F)c(F)c1F)CC1CCCCC1. The molecule has 1 fully saturated rings. The second kappa shape index (κ2) is 13.8. The van der Waals surface area contributed by atoms with Crippen molar-refractivity contribution >= 4 is 0 Å². The van der Waals surface area contributed by atoms with Crippen LogP contribution in [0.5, 0.6) is 0 Å². The molecule has 0 aliphatic heterocycles. The molecule has 1 aliphatic carbocycles. The minimum Gasteiger partial charge on any atom is -0.326 e. The molecule has 0 bridgehead atoms. The highest BCUT2D eigenvalue weighted by molar-refractivity contribution is 5.68. The number of alkyl halides is 3. The van der Waals surface area contributed by atoms with Gasteiger partial charge in [-0.05, 0) is 31.2 Å². The summed E-state index contributed by atoms with van der Waals surface area (Å²) in [7, 11) is 0. The number of hydrogen-bond acceptors (Lipinski definition) is 2. The molecule has 3 aromatic carbocycles. The van der Waals surface area contributed by atoms with E-state index in [0.29, 0.717) is 25.1 Å². The third-order valence-electron chi connectivity index (χ3n) is 8.36. The molecule has 1 saturated carbocycles. The van der Waals surface area contributed by atoms with Crippen LogP contribution < -0.4 is 0 Å². The summed E-state index contributed by atoms with van der Waals surface area (Å²) in [5.41, 5.74) is 2.06. The average molecular weight is 596 g/mol. The van der Waals surface area contributed by atoms with Crippen molar-refractivity contribution in [2.45, 2.75) is 77.7 Å². The lowest BCUT2D eigenvalue weighted by Gasteiger charge is -2.30. The van der Waals surface area contributed by atoms with E-state index in [4.69, 9.17) is 4.98 Å². The van der Waals surface area contributed by atoms with Gasteiger partial charge in [-0.2, -0.15) is 13.2 Å². The fourth-order valence-corrected chi connectivity index (χ4v) is 6.14. The van der Waals surface area contributed by atoms with Gasteiger partial charge in [0.25, 0.3) is 0 Å². The van der Waals surface area contributed by atoms with Crippen LogP contribution in [0.1, 0.15) is 68.7 Å². The van der Waals surface area contributed by atoms with Gasteiger partial charge in [-0.25, -0.2) is 13.8 Å². The van der Waals surface area contributed by atoms with Crippen LogP contribution in [0.2, 0.25) is 0 Å². The molecule has 228 valence electrons. The average Bonchev–Trinajstić information content (AvgIpc) is 3.36. The van der Waals surface area contributed by atoms with Crippen LogP contribution in [0.3, 0.4) is 0 Å². The van der Waals surface area contributed by atoms with Gasteiger partial charge in [0, 0.05) is 42.9 Å². The fourth-order valence-electron chi connectivity index (χ4n) is 6.14. The highest BCUT2D eigenvalue weighted by Crippen LogP contribution is 2.35. The molecular formula is C35H38F5N3. The first kappa shape index (κ1) is 30.9. The largest absolute Gasteiger partial charge is 0.419 e. The molecule has 3 nitrogen and oxygen atoms in total. The second-order valence-electron chi connectivity index (χ2n) is 11.5. The van der Waals surface area contributed by atoms with E-state index in [0.717, 1.165) is 79.5 Å². The van der Waals surface area contributed by atoms with Crippen molar-refractivity contribution in [1.82, 2.24) is 14.5 Å².